The van der Waals surface area contributed by atoms with Crippen molar-refractivity contribution in [2.45, 2.75) is 52.9 Å². The molecule has 0 saturated carbocycles. The van der Waals surface area contributed by atoms with E-state index in [1.807, 2.05) is 6.92 Å². The third kappa shape index (κ3) is 2.38. The molecule has 0 aromatic carbocycles. The number of rotatable bonds is 3. The van der Waals surface area contributed by atoms with Crippen molar-refractivity contribution in [3.63, 3.8) is 0 Å². The van der Waals surface area contributed by atoms with Crippen molar-refractivity contribution in [2.75, 3.05) is 6.61 Å². The molecule has 0 heterocycles. The molecular formula is C16H22O3. The van der Waals surface area contributed by atoms with Crippen molar-refractivity contribution in [1.82, 2.24) is 0 Å². The first-order valence-electron chi connectivity index (χ1n) is 7.07. The summed E-state index contributed by atoms with van der Waals surface area (Å²) in [6.07, 6.45) is 6.02. The average Bonchev–Trinajstić information content (AvgIpc) is 2.66. The lowest BCUT2D eigenvalue weighted by atomic mass is 9.77. The molecular weight excluding hydrogens is 240 g/mol. The Balaban J connectivity index is 2.45. The summed E-state index contributed by atoms with van der Waals surface area (Å²) in [5.74, 6) is -0.0343. The number of hydrogen-bond donors (Lipinski definition) is 0. The van der Waals surface area contributed by atoms with E-state index >= 15 is 0 Å². The summed E-state index contributed by atoms with van der Waals surface area (Å²) in [5.41, 5.74) is 2.66. The van der Waals surface area contributed by atoms with Crippen LogP contribution in [0.4, 0.5) is 0 Å². The molecule has 3 heteroatoms. The van der Waals surface area contributed by atoms with Crippen molar-refractivity contribution < 1.29 is 14.3 Å². The van der Waals surface area contributed by atoms with Crippen LogP contribution in [-0.4, -0.2) is 18.4 Å². The lowest BCUT2D eigenvalue weighted by Gasteiger charge is -2.28. The Bertz CT molecular complexity index is 470. The molecule has 0 aromatic rings. The van der Waals surface area contributed by atoms with E-state index in [1.165, 1.54) is 5.57 Å². The van der Waals surface area contributed by atoms with Gasteiger partial charge in [-0.25, -0.2) is 0 Å². The van der Waals surface area contributed by atoms with E-state index in [9.17, 15) is 9.59 Å². The second kappa shape index (κ2) is 5.32. The number of allylic oxidation sites excluding steroid dienone is 3. The Morgan fingerprint density at radius 1 is 1.32 bits per heavy atom. The first-order valence-corrected chi connectivity index (χ1v) is 7.07. The second-order valence-electron chi connectivity index (χ2n) is 5.57. The summed E-state index contributed by atoms with van der Waals surface area (Å²) in [5, 5.41) is 0. The van der Waals surface area contributed by atoms with Gasteiger partial charge in [-0.05, 0) is 64.0 Å². The molecule has 0 aromatic heterocycles. The van der Waals surface area contributed by atoms with E-state index in [0.29, 0.717) is 13.0 Å². The standard InChI is InChI=1S/C16H22O3/c1-4-19-15(18)16-9-7-11(2)5-6-14(16)13(8-10-16)12(3)17/h7H,4-6,8-10H2,1-3H3. The quantitative estimate of drug-likeness (QED) is 0.578. The van der Waals surface area contributed by atoms with Gasteiger partial charge < -0.3 is 4.74 Å². The van der Waals surface area contributed by atoms with Crippen LogP contribution in [0.2, 0.25) is 0 Å². The highest BCUT2D eigenvalue weighted by atomic mass is 16.5. The highest BCUT2D eigenvalue weighted by molar-refractivity contribution is 5.97. The Morgan fingerprint density at radius 3 is 2.68 bits per heavy atom. The van der Waals surface area contributed by atoms with Gasteiger partial charge in [-0.2, -0.15) is 0 Å². The first-order chi connectivity index (χ1) is 9.01. The van der Waals surface area contributed by atoms with Gasteiger partial charge in [0.25, 0.3) is 0 Å². The maximum Gasteiger partial charge on any atom is 0.316 e. The van der Waals surface area contributed by atoms with Crippen molar-refractivity contribution in [3.05, 3.63) is 22.8 Å². The molecule has 0 amide bonds. The molecule has 0 saturated heterocycles. The molecule has 2 aliphatic carbocycles. The van der Waals surface area contributed by atoms with Crippen LogP contribution >= 0.6 is 0 Å². The largest absolute Gasteiger partial charge is 0.465 e. The summed E-state index contributed by atoms with van der Waals surface area (Å²) in [7, 11) is 0. The molecule has 0 aliphatic heterocycles. The fourth-order valence-electron chi connectivity index (χ4n) is 3.28. The summed E-state index contributed by atoms with van der Waals surface area (Å²) < 4.78 is 5.29. The third-order valence-electron chi connectivity index (χ3n) is 4.40. The third-order valence-corrected chi connectivity index (χ3v) is 4.40. The molecule has 0 fully saturated rings. The number of hydrogen-bond acceptors (Lipinski definition) is 3. The number of esters is 1. The zero-order chi connectivity index (χ0) is 14.0. The SMILES string of the molecule is CCOC(=O)C12CC=C(C)CCC1=C(C(C)=O)CC2. The number of carbonyl (C=O) groups excluding carboxylic acids is 2. The van der Waals surface area contributed by atoms with Crippen LogP contribution in [0, 0.1) is 5.41 Å². The van der Waals surface area contributed by atoms with Gasteiger partial charge in [-0.1, -0.05) is 11.6 Å². The highest BCUT2D eigenvalue weighted by Crippen LogP contribution is 2.51. The highest BCUT2D eigenvalue weighted by Gasteiger charge is 2.48. The van der Waals surface area contributed by atoms with Gasteiger partial charge in [-0.15, -0.1) is 0 Å². The van der Waals surface area contributed by atoms with E-state index in [0.717, 1.165) is 36.8 Å². The zero-order valence-corrected chi connectivity index (χ0v) is 12.0. The van der Waals surface area contributed by atoms with Crippen LogP contribution in [0.15, 0.2) is 22.8 Å². The minimum Gasteiger partial charge on any atom is -0.465 e. The Hall–Kier alpha value is -1.38. The molecule has 2 rings (SSSR count). The number of Topliss-reactive ketones (excluding diaryl/α,β-unsaturated/α-hetero) is 1. The number of carbonyl (C=O) groups is 2. The normalized spacial score (nSPS) is 26.6. The number of ketones is 1. The van der Waals surface area contributed by atoms with E-state index in [2.05, 4.69) is 13.0 Å². The Kier molecular flexibility index (Phi) is 3.93. The fourth-order valence-corrected chi connectivity index (χ4v) is 3.28. The van der Waals surface area contributed by atoms with E-state index in [-0.39, 0.29) is 11.8 Å². The van der Waals surface area contributed by atoms with Gasteiger partial charge in [0, 0.05) is 0 Å². The predicted octanol–water partition coefficient (Wildman–Crippen LogP) is 3.35. The monoisotopic (exact) mass is 262 g/mol. The van der Waals surface area contributed by atoms with Crippen LogP contribution in [0.5, 0.6) is 0 Å². The van der Waals surface area contributed by atoms with Gasteiger partial charge in [0.2, 0.25) is 0 Å². The van der Waals surface area contributed by atoms with Crippen LogP contribution in [-0.2, 0) is 14.3 Å². The smallest absolute Gasteiger partial charge is 0.316 e. The average molecular weight is 262 g/mol. The summed E-state index contributed by atoms with van der Waals surface area (Å²) >= 11 is 0. The summed E-state index contributed by atoms with van der Waals surface area (Å²) in [4.78, 5) is 24.2. The fraction of sp³-hybridized carbons (Fsp3) is 0.625. The molecule has 0 N–H and O–H groups in total. The van der Waals surface area contributed by atoms with Crippen molar-refractivity contribution in [2.24, 2.45) is 5.41 Å². The van der Waals surface area contributed by atoms with Crippen LogP contribution < -0.4 is 0 Å². The Morgan fingerprint density at radius 2 is 2.05 bits per heavy atom. The van der Waals surface area contributed by atoms with Gasteiger partial charge in [-0.3, -0.25) is 9.59 Å². The van der Waals surface area contributed by atoms with Gasteiger partial charge in [0.1, 0.15) is 0 Å². The molecule has 1 atom stereocenters. The van der Waals surface area contributed by atoms with Crippen LogP contribution in [0.1, 0.15) is 52.9 Å². The van der Waals surface area contributed by atoms with Crippen molar-refractivity contribution >= 4 is 11.8 Å². The number of fused-ring (bicyclic) bond motifs is 1. The van der Waals surface area contributed by atoms with Gasteiger partial charge in [0.05, 0.1) is 12.0 Å². The van der Waals surface area contributed by atoms with E-state index < -0.39 is 5.41 Å². The molecule has 104 valence electrons. The van der Waals surface area contributed by atoms with Crippen LogP contribution in [0.3, 0.4) is 0 Å². The maximum absolute atomic E-state index is 12.4. The van der Waals surface area contributed by atoms with Crippen LogP contribution in [0.25, 0.3) is 0 Å². The lowest BCUT2D eigenvalue weighted by molar-refractivity contribution is -0.153. The molecule has 1 unspecified atom stereocenters. The lowest BCUT2D eigenvalue weighted by Crippen LogP contribution is -2.32. The van der Waals surface area contributed by atoms with Gasteiger partial charge >= 0.3 is 5.97 Å². The Labute approximate surface area is 114 Å². The van der Waals surface area contributed by atoms with E-state index in [1.54, 1.807) is 6.92 Å². The van der Waals surface area contributed by atoms with Crippen molar-refractivity contribution in [3.8, 4) is 0 Å². The maximum atomic E-state index is 12.4. The molecule has 0 spiro atoms. The molecule has 2 aliphatic rings. The van der Waals surface area contributed by atoms with Crippen molar-refractivity contribution in [1.29, 1.82) is 0 Å². The summed E-state index contributed by atoms with van der Waals surface area (Å²) in [6.45, 7) is 5.92. The molecule has 19 heavy (non-hydrogen) atoms. The topological polar surface area (TPSA) is 43.4 Å². The zero-order valence-electron chi connectivity index (χ0n) is 12.0. The molecule has 0 radical (unpaired) electrons. The minimum atomic E-state index is -0.561. The number of ether oxygens (including phenoxy) is 1. The molecule has 3 nitrogen and oxygen atoms in total. The van der Waals surface area contributed by atoms with E-state index in [4.69, 9.17) is 4.74 Å². The molecule has 0 bridgehead atoms. The first kappa shape index (κ1) is 14.0. The van der Waals surface area contributed by atoms with Gasteiger partial charge in [0.15, 0.2) is 5.78 Å². The summed E-state index contributed by atoms with van der Waals surface area (Å²) in [6, 6.07) is 0. The minimum absolute atomic E-state index is 0.112. The predicted molar refractivity (Wildman–Crippen MR) is 73.6 cm³/mol. The second-order valence-corrected chi connectivity index (χ2v) is 5.57.